The van der Waals surface area contributed by atoms with Gasteiger partial charge in [0.1, 0.15) is 0 Å². The monoisotopic (exact) mass is 330 g/mol. The molecule has 0 bridgehead atoms. The van der Waals surface area contributed by atoms with E-state index in [0.717, 1.165) is 22.8 Å². The summed E-state index contributed by atoms with van der Waals surface area (Å²) in [5, 5.41) is 12.1. The second-order valence-corrected chi connectivity index (χ2v) is 5.35. The van der Waals surface area contributed by atoms with Crippen LogP contribution in [-0.2, 0) is 11.3 Å². The largest absolute Gasteiger partial charge is 0.355 e. The summed E-state index contributed by atoms with van der Waals surface area (Å²) in [6, 6.07) is 5.31. The molecule has 0 aromatic carbocycles. The number of hydrogen-bond donors (Lipinski definition) is 3. The average Bonchev–Trinajstić information content (AvgIpc) is 2.90. The number of rotatable bonds is 6. The van der Waals surface area contributed by atoms with Gasteiger partial charge in [-0.1, -0.05) is 6.07 Å². The van der Waals surface area contributed by atoms with E-state index in [4.69, 9.17) is 0 Å². The number of carbonyl (C=O) groups excluding carboxylic acids is 2. The fourth-order valence-electron chi connectivity index (χ4n) is 2.17. The third-order valence-electron chi connectivity index (χ3n) is 3.27. The van der Waals surface area contributed by atoms with Crippen molar-refractivity contribution in [3.63, 3.8) is 0 Å². The van der Waals surface area contributed by atoms with Gasteiger partial charge in [-0.2, -0.15) is 5.10 Å². The van der Waals surface area contributed by atoms with E-state index in [-0.39, 0.29) is 12.5 Å². The van der Waals surface area contributed by atoms with Crippen molar-refractivity contribution in [3.05, 3.63) is 41.3 Å². The predicted molar refractivity (Wildman–Crippen MR) is 89.8 cm³/mol. The van der Waals surface area contributed by atoms with Crippen molar-refractivity contribution in [2.75, 3.05) is 13.1 Å². The van der Waals surface area contributed by atoms with Crippen molar-refractivity contribution in [1.82, 2.24) is 30.7 Å². The number of hydrogen-bond acceptors (Lipinski definition) is 4. The Morgan fingerprint density at radius 3 is 2.54 bits per heavy atom. The quantitative estimate of drug-likeness (QED) is 0.730. The first kappa shape index (κ1) is 17.5. The van der Waals surface area contributed by atoms with Gasteiger partial charge in [0.15, 0.2) is 5.82 Å². The van der Waals surface area contributed by atoms with Gasteiger partial charge in [-0.05, 0) is 38.5 Å². The Balaban J connectivity index is 1.85. The predicted octanol–water partition coefficient (Wildman–Crippen LogP) is 0.819. The molecule has 3 amide bonds. The van der Waals surface area contributed by atoms with Crippen molar-refractivity contribution < 1.29 is 9.59 Å². The average molecular weight is 330 g/mol. The molecule has 8 nitrogen and oxygen atoms in total. The van der Waals surface area contributed by atoms with E-state index < -0.39 is 6.03 Å². The maximum Gasteiger partial charge on any atom is 0.315 e. The number of nitrogens with one attached hydrogen (secondary N) is 3. The number of urea groups is 1. The lowest BCUT2D eigenvalue weighted by Gasteiger charge is -2.08. The van der Waals surface area contributed by atoms with Crippen LogP contribution in [0.25, 0.3) is 5.82 Å². The number of pyridine rings is 1. The number of carbonyl (C=O) groups is 2. The molecule has 2 heterocycles. The zero-order valence-corrected chi connectivity index (χ0v) is 14.1. The molecule has 3 N–H and O–H groups in total. The minimum absolute atomic E-state index is 0.0468. The van der Waals surface area contributed by atoms with Crippen LogP contribution in [0.2, 0.25) is 0 Å². The number of aryl methyl sites for hydroxylation is 2. The standard InChI is InChI=1S/C16H22N6O2/c1-4-17-15(23)10-20-16(24)19-9-13-5-6-14(18-8-13)22-12(3)7-11(2)21-22/h5-8H,4,9-10H2,1-3H3,(H,17,23)(H2,19,20,24). The highest BCUT2D eigenvalue weighted by molar-refractivity contribution is 5.83. The Hall–Kier alpha value is -2.90. The van der Waals surface area contributed by atoms with Gasteiger partial charge in [0.05, 0.1) is 12.2 Å². The summed E-state index contributed by atoms with van der Waals surface area (Å²) in [7, 11) is 0. The van der Waals surface area contributed by atoms with Crippen LogP contribution in [0.4, 0.5) is 4.79 Å². The number of amides is 3. The normalized spacial score (nSPS) is 10.3. The Morgan fingerprint density at radius 1 is 1.17 bits per heavy atom. The molecule has 0 aliphatic carbocycles. The van der Waals surface area contributed by atoms with Crippen LogP contribution in [-0.4, -0.2) is 39.8 Å². The van der Waals surface area contributed by atoms with Crippen LogP contribution in [0.3, 0.4) is 0 Å². The topological polar surface area (TPSA) is 101 Å². The lowest BCUT2D eigenvalue weighted by Crippen LogP contribution is -2.41. The molecule has 0 spiro atoms. The molecule has 2 rings (SSSR count). The fourth-order valence-corrected chi connectivity index (χ4v) is 2.17. The van der Waals surface area contributed by atoms with Gasteiger partial charge in [-0.25, -0.2) is 14.5 Å². The van der Waals surface area contributed by atoms with E-state index in [1.807, 2.05) is 39.0 Å². The highest BCUT2D eigenvalue weighted by atomic mass is 16.2. The second kappa shape index (κ2) is 8.09. The third-order valence-corrected chi connectivity index (χ3v) is 3.27. The van der Waals surface area contributed by atoms with Crippen molar-refractivity contribution >= 4 is 11.9 Å². The second-order valence-electron chi connectivity index (χ2n) is 5.35. The zero-order chi connectivity index (χ0) is 17.5. The van der Waals surface area contributed by atoms with Crippen LogP contribution in [0.15, 0.2) is 24.4 Å². The molecular weight excluding hydrogens is 308 g/mol. The first-order chi connectivity index (χ1) is 11.5. The Labute approximate surface area is 140 Å². The van der Waals surface area contributed by atoms with E-state index in [1.54, 1.807) is 10.9 Å². The molecule has 0 saturated carbocycles. The van der Waals surface area contributed by atoms with E-state index in [0.29, 0.717) is 13.1 Å². The summed E-state index contributed by atoms with van der Waals surface area (Å²) in [4.78, 5) is 27.2. The summed E-state index contributed by atoms with van der Waals surface area (Å²) >= 11 is 0. The number of likely N-dealkylation sites (N-methyl/N-ethyl adjacent to an activating group) is 1. The minimum Gasteiger partial charge on any atom is -0.355 e. The van der Waals surface area contributed by atoms with Crippen LogP contribution in [0, 0.1) is 13.8 Å². The van der Waals surface area contributed by atoms with E-state index >= 15 is 0 Å². The van der Waals surface area contributed by atoms with Crippen LogP contribution < -0.4 is 16.0 Å². The van der Waals surface area contributed by atoms with Crippen LogP contribution in [0.5, 0.6) is 0 Å². The molecule has 8 heteroatoms. The van der Waals surface area contributed by atoms with Gasteiger partial charge in [0.25, 0.3) is 0 Å². The SMILES string of the molecule is CCNC(=O)CNC(=O)NCc1ccc(-n2nc(C)cc2C)nc1. The third kappa shape index (κ3) is 4.80. The van der Waals surface area contributed by atoms with E-state index in [2.05, 4.69) is 26.0 Å². The van der Waals surface area contributed by atoms with Gasteiger partial charge in [0.2, 0.25) is 5.91 Å². The smallest absolute Gasteiger partial charge is 0.315 e. The zero-order valence-electron chi connectivity index (χ0n) is 14.1. The Kier molecular flexibility index (Phi) is 5.89. The fraction of sp³-hybridized carbons (Fsp3) is 0.375. The van der Waals surface area contributed by atoms with Gasteiger partial charge in [0, 0.05) is 25.0 Å². The highest BCUT2D eigenvalue weighted by Gasteiger charge is 2.06. The summed E-state index contributed by atoms with van der Waals surface area (Å²) in [6.07, 6.45) is 1.69. The molecule has 2 aromatic rings. The summed E-state index contributed by atoms with van der Waals surface area (Å²) < 4.78 is 1.77. The van der Waals surface area contributed by atoms with Crippen molar-refractivity contribution in [2.45, 2.75) is 27.3 Å². The molecule has 0 radical (unpaired) electrons. The van der Waals surface area contributed by atoms with Gasteiger partial charge in [-0.15, -0.1) is 0 Å². The van der Waals surface area contributed by atoms with Crippen molar-refractivity contribution in [2.24, 2.45) is 0 Å². The van der Waals surface area contributed by atoms with Crippen LogP contribution >= 0.6 is 0 Å². The summed E-state index contributed by atoms with van der Waals surface area (Å²) in [5.74, 6) is 0.508. The van der Waals surface area contributed by atoms with Crippen molar-refractivity contribution in [3.8, 4) is 5.82 Å². The summed E-state index contributed by atoms with van der Waals surface area (Å²) in [6.45, 7) is 6.54. The molecule has 0 saturated heterocycles. The molecule has 24 heavy (non-hydrogen) atoms. The maximum atomic E-state index is 11.6. The maximum absolute atomic E-state index is 11.6. The minimum atomic E-state index is -0.399. The number of nitrogens with zero attached hydrogens (tertiary/aromatic N) is 3. The van der Waals surface area contributed by atoms with Gasteiger partial charge >= 0.3 is 6.03 Å². The number of aromatic nitrogens is 3. The molecule has 0 fully saturated rings. The Bertz CT molecular complexity index is 708. The summed E-state index contributed by atoms with van der Waals surface area (Å²) in [5.41, 5.74) is 2.80. The first-order valence-corrected chi connectivity index (χ1v) is 7.76. The first-order valence-electron chi connectivity index (χ1n) is 7.76. The van der Waals surface area contributed by atoms with Gasteiger partial charge < -0.3 is 16.0 Å². The van der Waals surface area contributed by atoms with Gasteiger partial charge in [-0.3, -0.25) is 4.79 Å². The molecule has 0 unspecified atom stereocenters. The molecular formula is C16H22N6O2. The van der Waals surface area contributed by atoms with E-state index in [9.17, 15) is 9.59 Å². The van der Waals surface area contributed by atoms with E-state index in [1.165, 1.54) is 0 Å². The lowest BCUT2D eigenvalue weighted by molar-refractivity contribution is -0.119. The molecule has 2 aromatic heterocycles. The molecule has 0 aliphatic rings. The molecule has 128 valence electrons. The Morgan fingerprint density at radius 2 is 1.96 bits per heavy atom. The molecule has 0 aliphatic heterocycles. The highest BCUT2D eigenvalue weighted by Crippen LogP contribution is 2.10. The molecule has 0 atom stereocenters. The lowest BCUT2D eigenvalue weighted by atomic mass is 10.3. The van der Waals surface area contributed by atoms with Crippen molar-refractivity contribution in [1.29, 1.82) is 0 Å². The van der Waals surface area contributed by atoms with Crippen LogP contribution in [0.1, 0.15) is 23.9 Å².